The highest BCUT2D eigenvalue weighted by Crippen LogP contribution is 2.38. The third-order valence-corrected chi connectivity index (χ3v) is 6.57. The first-order chi connectivity index (χ1) is 17.1. The number of nitrogens with one attached hydrogen (secondary N) is 1. The van der Waals surface area contributed by atoms with Gasteiger partial charge in [0.1, 0.15) is 0 Å². The van der Waals surface area contributed by atoms with E-state index in [0.29, 0.717) is 11.3 Å². The number of para-hydroxylation sites is 1. The fourth-order valence-corrected chi connectivity index (χ4v) is 4.83. The fourth-order valence-electron chi connectivity index (χ4n) is 4.83. The van der Waals surface area contributed by atoms with Crippen LogP contribution >= 0.6 is 0 Å². The smallest absolute Gasteiger partial charge is 0.258 e. The average Bonchev–Trinajstić information content (AvgIpc) is 2.88. The van der Waals surface area contributed by atoms with E-state index in [9.17, 15) is 4.79 Å². The van der Waals surface area contributed by atoms with Crippen molar-refractivity contribution in [2.45, 2.75) is 13.8 Å². The Bertz CT molecular complexity index is 1760. The molecule has 0 radical (unpaired) electrons. The normalized spacial score (nSPS) is 11.3. The van der Waals surface area contributed by atoms with Gasteiger partial charge in [0.25, 0.3) is 5.56 Å². The Labute approximate surface area is 203 Å². The number of hydrogen-bond donors (Lipinski definition) is 1. The molecular weight excluding hydrogens is 428 g/mol. The van der Waals surface area contributed by atoms with Crippen LogP contribution in [-0.2, 0) is 0 Å². The molecule has 0 bridgehead atoms. The van der Waals surface area contributed by atoms with Crippen LogP contribution in [0.5, 0.6) is 0 Å². The summed E-state index contributed by atoms with van der Waals surface area (Å²) in [6, 6.07) is 34.9. The SMILES string of the molecule is Cc1ccc(-c2cc(-c3c(-c4ccccc4)c4cc(C)ccc4[nH]c3=O)nc3ccccc23)cc1. The van der Waals surface area contributed by atoms with E-state index in [1.165, 1.54) is 5.56 Å². The van der Waals surface area contributed by atoms with E-state index in [2.05, 4.69) is 73.4 Å². The van der Waals surface area contributed by atoms with Crippen LogP contribution in [0.3, 0.4) is 0 Å². The molecule has 3 heteroatoms. The zero-order valence-electron chi connectivity index (χ0n) is 19.7. The highest BCUT2D eigenvalue weighted by atomic mass is 16.1. The molecule has 35 heavy (non-hydrogen) atoms. The van der Waals surface area contributed by atoms with Crippen molar-refractivity contribution in [2.24, 2.45) is 0 Å². The molecule has 6 aromatic rings. The molecule has 0 spiro atoms. The Morgan fingerprint density at radius 3 is 2.14 bits per heavy atom. The van der Waals surface area contributed by atoms with Crippen molar-refractivity contribution < 1.29 is 0 Å². The van der Waals surface area contributed by atoms with Crippen molar-refractivity contribution in [1.29, 1.82) is 0 Å². The molecule has 4 aromatic carbocycles. The number of aromatic amines is 1. The van der Waals surface area contributed by atoms with Crippen molar-refractivity contribution in [2.75, 3.05) is 0 Å². The minimum atomic E-state index is -0.141. The molecule has 0 saturated heterocycles. The lowest BCUT2D eigenvalue weighted by atomic mass is 9.91. The molecule has 3 nitrogen and oxygen atoms in total. The maximum atomic E-state index is 13.6. The van der Waals surface area contributed by atoms with Crippen molar-refractivity contribution in [3.05, 3.63) is 125 Å². The lowest BCUT2D eigenvalue weighted by Crippen LogP contribution is -2.12. The van der Waals surface area contributed by atoms with Gasteiger partial charge >= 0.3 is 0 Å². The third kappa shape index (κ3) is 3.71. The van der Waals surface area contributed by atoms with Gasteiger partial charge in [0.2, 0.25) is 0 Å². The van der Waals surface area contributed by atoms with E-state index in [0.717, 1.165) is 49.6 Å². The van der Waals surface area contributed by atoms with Gasteiger partial charge in [0, 0.05) is 21.9 Å². The van der Waals surface area contributed by atoms with Gasteiger partial charge in [0.05, 0.1) is 16.8 Å². The first kappa shape index (κ1) is 21.1. The minimum Gasteiger partial charge on any atom is -0.321 e. The summed E-state index contributed by atoms with van der Waals surface area (Å²) in [7, 11) is 0. The van der Waals surface area contributed by atoms with Crippen molar-refractivity contribution in [3.63, 3.8) is 0 Å². The van der Waals surface area contributed by atoms with Crippen LogP contribution < -0.4 is 5.56 Å². The number of H-pyrrole nitrogens is 1. The predicted molar refractivity (Wildman–Crippen MR) is 146 cm³/mol. The molecule has 1 N–H and O–H groups in total. The zero-order chi connectivity index (χ0) is 23.9. The lowest BCUT2D eigenvalue weighted by molar-refractivity contribution is 1.28. The summed E-state index contributed by atoms with van der Waals surface area (Å²) in [6.07, 6.45) is 0. The Balaban J connectivity index is 1.74. The molecule has 6 rings (SSSR count). The Morgan fingerprint density at radius 2 is 1.34 bits per heavy atom. The molecule has 2 aromatic heterocycles. The molecule has 0 atom stereocenters. The van der Waals surface area contributed by atoms with E-state index >= 15 is 0 Å². The second-order valence-corrected chi connectivity index (χ2v) is 9.06. The quantitative estimate of drug-likeness (QED) is 0.299. The van der Waals surface area contributed by atoms with E-state index < -0.39 is 0 Å². The molecule has 0 saturated carbocycles. The number of aryl methyl sites for hydroxylation is 2. The van der Waals surface area contributed by atoms with Gasteiger partial charge in [-0.1, -0.05) is 90.0 Å². The number of nitrogens with zero attached hydrogens (tertiary/aromatic N) is 1. The zero-order valence-corrected chi connectivity index (χ0v) is 19.7. The van der Waals surface area contributed by atoms with Crippen LogP contribution in [0.1, 0.15) is 11.1 Å². The van der Waals surface area contributed by atoms with Gasteiger partial charge in [-0.05, 0) is 54.8 Å². The van der Waals surface area contributed by atoms with Gasteiger partial charge in [-0.2, -0.15) is 0 Å². The number of aromatic nitrogens is 2. The number of rotatable bonds is 3. The number of fused-ring (bicyclic) bond motifs is 2. The van der Waals surface area contributed by atoms with E-state index in [1.54, 1.807) is 0 Å². The van der Waals surface area contributed by atoms with E-state index in [4.69, 9.17) is 4.98 Å². The monoisotopic (exact) mass is 452 g/mol. The lowest BCUT2D eigenvalue weighted by Gasteiger charge is -2.15. The van der Waals surface area contributed by atoms with Gasteiger partial charge in [-0.25, -0.2) is 4.98 Å². The summed E-state index contributed by atoms with van der Waals surface area (Å²) in [5.74, 6) is 0. The Morgan fingerprint density at radius 1 is 0.629 bits per heavy atom. The average molecular weight is 453 g/mol. The van der Waals surface area contributed by atoms with Gasteiger partial charge in [0.15, 0.2) is 0 Å². The van der Waals surface area contributed by atoms with Crippen molar-refractivity contribution in [1.82, 2.24) is 9.97 Å². The number of pyridine rings is 2. The van der Waals surface area contributed by atoms with Crippen LogP contribution in [0.15, 0.2) is 108 Å². The molecule has 0 aliphatic carbocycles. The molecule has 168 valence electrons. The van der Waals surface area contributed by atoms with Crippen LogP contribution in [0.4, 0.5) is 0 Å². The predicted octanol–water partition coefficient (Wildman–Crippen LogP) is 7.69. The van der Waals surface area contributed by atoms with Crippen LogP contribution in [-0.4, -0.2) is 9.97 Å². The topological polar surface area (TPSA) is 45.8 Å². The first-order valence-electron chi connectivity index (χ1n) is 11.8. The van der Waals surface area contributed by atoms with Crippen molar-refractivity contribution >= 4 is 21.8 Å². The Hall–Kier alpha value is -4.50. The summed E-state index contributed by atoms with van der Waals surface area (Å²) in [5.41, 5.74) is 9.22. The maximum absolute atomic E-state index is 13.6. The molecule has 0 unspecified atom stereocenters. The molecule has 2 heterocycles. The third-order valence-electron chi connectivity index (χ3n) is 6.57. The summed E-state index contributed by atoms with van der Waals surface area (Å²) < 4.78 is 0. The maximum Gasteiger partial charge on any atom is 0.258 e. The van der Waals surface area contributed by atoms with Crippen LogP contribution in [0.25, 0.3) is 55.3 Å². The summed E-state index contributed by atoms with van der Waals surface area (Å²) >= 11 is 0. The van der Waals surface area contributed by atoms with Crippen LogP contribution in [0.2, 0.25) is 0 Å². The minimum absolute atomic E-state index is 0.141. The van der Waals surface area contributed by atoms with Gasteiger partial charge < -0.3 is 4.98 Å². The first-order valence-corrected chi connectivity index (χ1v) is 11.8. The summed E-state index contributed by atoms with van der Waals surface area (Å²) in [6.45, 7) is 4.16. The molecule has 0 aliphatic heterocycles. The van der Waals surface area contributed by atoms with Gasteiger partial charge in [-0.3, -0.25) is 4.79 Å². The number of hydrogen-bond acceptors (Lipinski definition) is 2. The van der Waals surface area contributed by atoms with Gasteiger partial charge in [-0.15, -0.1) is 0 Å². The highest BCUT2D eigenvalue weighted by molar-refractivity contribution is 6.04. The highest BCUT2D eigenvalue weighted by Gasteiger charge is 2.19. The largest absolute Gasteiger partial charge is 0.321 e. The summed E-state index contributed by atoms with van der Waals surface area (Å²) in [5, 5.41) is 2.08. The van der Waals surface area contributed by atoms with E-state index in [1.807, 2.05) is 48.5 Å². The van der Waals surface area contributed by atoms with Crippen LogP contribution in [0, 0.1) is 13.8 Å². The fraction of sp³-hybridized carbons (Fsp3) is 0.0625. The van der Waals surface area contributed by atoms with E-state index in [-0.39, 0.29) is 5.56 Å². The molecule has 0 amide bonds. The Kier molecular flexibility index (Phi) is 5.04. The number of benzene rings is 4. The molecule has 0 aliphatic rings. The second-order valence-electron chi connectivity index (χ2n) is 9.06. The standard InChI is InChI=1S/C32H24N2O/c1-20-12-15-22(16-13-20)25-19-29(33-27-11-7-6-10-24(25)27)31-30(23-8-4-3-5-9-23)26-18-21(2)14-17-28(26)34-32(31)35/h3-19H,1-2H3,(H,34,35). The molecular formula is C32H24N2O. The molecule has 0 fully saturated rings. The summed E-state index contributed by atoms with van der Waals surface area (Å²) in [4.78, 5) is 21.8. The van der Waals surface area contributed by atoms with Crippen molar-refractivity contribution in [3.8, 4) is 33.5 Å². The second kappa shape index (κ2) is 8.37.